The smallest absolute Gasteiger partial charge is 0.225 e. The summed E-state index contributed by atoms with van der Waals surface area (Å²) in [6, 6.07) is 11.2. The third-order valence-electron chi connectivity index (χ3n) is 6.22. The molecule has 7 nitrogen and oxygen atoms in total. The van der Waals surface area contributed by atoms with E-state index in [9.17, 15) is 9.59 Å². The summed E-state index contributed by atoms with van der Waals surface area (Å²) in [6.07, 6.45) is 1.10. The van der Waals surface area contributed by atoms with Crippen LogP contribution in [-0.2, 0) is 9.59 Å². The van der Waals surface area contributed by atoms with Gasteiger partial charge in [-0.25, -0.2) is 0 Å². The van der Waals surface area contributed by atoms with Crippen LogP contribution in [0.1, 0.15) is 42.2 Å². The molecule has 0 bridgehead atoms. The predicted molar refractivity (Wildman–Crippen MR) is 119 cm³/mol. The van der Waals surface area contributed by atoms with Crippen LogP contribution in [0.3, 0.4) is 0 Å². The number of para-hydroxylation sites is 1. The standard InChI is InChI=1S/C25H27NO6/c1-29-20-9-8-14(12-22(20)31-3)15-10-18-24(19(27)11-15)17(13-23(28)26-18)16-6-5-7-21(30-2)25(16)32-4/h5-9,12,15,17H,10-11,13H2,1-4H3,(H,26,28)/t15-,17+/m0/s1. The van der Waals surface area contributed by atoms with Gasteiger partial charge in [-0.1, -0.05) is 18.2 Å². The molecule has 0 unspecified atom stereocenters. The topological polar surface area (TPSA) is 83.1 Å². The van der Waals surface area contributed by atoms with Crippen LogP contribution < -0.4 is 24.3 Å². The Morgan fingerprint density at radius 3 is 2.25 bits per heavy atom. The summed E-state index contributed by atoms with van der Waals surface area (Å²) in [5, 5.41) is 2.96. The molecule has 1 N–H and O–H groups in total. The molecule has 0 saturated carbocycles. The lowest BCUT2D eigenvalue weighted by atomic mass is 9.73. The average Bonchev–Trinajstić information content (AvgIpc) is 2.81. The van der Waals surface area contributed by atoms with E-state index in [-0.39, 0.29) is 29.9 Å². The summed E-state index contributed by atoms with van der Waals surface area (Å²) in [5.74, 6) is 1.86. The number of rotatable bonds is 6. The van der Waals surface area contributed by atoms with Gasteiger partial charge < -0.3 is 24.3 Å². The normalized spacial score (nSPS) is 20.4. The van der Waals surface area contributed by atoms with Crippen LogP contribution in [0.2, 0.25) is 0 Å². The fourth-order valence-electron chi connectivity index (χ4n) is 4.75. The fraction of sp³-hybridized carbons (Fsp3) is 0.360. The maximum Gasteiger partial charge on any atom is 0.225 e. The van der Waals surface area contributed by atoms with Gasteiger partial charge >= 0.3 is 0 Å². The van der Waals surface area contributed by atoms with Crippen molar-refractivity contribution < 1.29 is 28.5 Å². The van der Waals surface area contributed by atoms with E-state index >= 15 is 0 Å². The maximum absolute atomic E-state index is 13.4. The first-order chi connectivity index (χ1) is 15.5. The van der Waals surface area contributed by atoms with E-state index in [0.29, 0.717) is 47.1 Å². The predicted octanol–water partition coefficient (Wildman–Crippen LogP) is 3.73. The van der Waals surface area contributed by atoms with Gasteiger partial charge in [-0.05, 0) is 36.1 Å². The number of allylic oxidation sites excluding steroid dienone is 2. The lowest BCUT2D eigenvalue weighted by molar-refractivity contribution is -0.122. The molecule has 1 aliphatic carbocycles. The molecule has 7 heteroatoms. The average molecular weight is 437 g/mol. The third-order valence-corrected chi connectivity index (χ3v) is 6.22. The van der Waals surface area contributed by atoms with E-state index in [0.717, 1.165) is 11.1 Å². The van der Waals surface area contributed by atoms with Crippen molar-refractivity contribution in [3.63, 3.8) is 0 Å². The molecule has 32 heavy (non-hydrogen) atoms. The summed E-state index contributed by atoms with van der Waals surface area (Å²) in [7, 11) is 6.31. The zero-order valence-corrected chi connectivity index (χ0v) is 18.7. The molecule has 1 aliphatic heterocycles. The summed E-state index contributed by atoms with van der Waals surface area (Å²) < 4.78 is 21.8. The lowest BCUT2D eigenvalue weighted by Crippen LogP contribution is -2.38. The van der Waals surface area contributed by atoms with Crippen molar-refractivity contribution in [1.29, 1.82) is 0 Å². The van der Waals surface area contributed by atoms with E-state index in [2.05, 4.69) is 5.32 Å². The van der Waals surface area contributed by atoms with Crippen LogP contribution in [0.4, 0.5) is 0 Å². The molecular formula is C25H27NO6. The number of hydrogen-bond donors (Lipinski definition) is 1. The van der Waals surface area contributed by atoms with E-state index < -0.39 is 0 Å². The molecule has 2 aliphatic rings. The Bertz CT molecular complexity index is 1090. The molecule has 0 aromatic heterocycles. The van der Waals surface area contributed by atoms with Gasteiger partial charge in [0.05, 0.1) is 28.4 Å². The maximum atomic E-state index is 13.4. The number of carbonyl (C=O) groups is 2. The van der Waals surface area contributed by atoms with Gasteiger partial charge in [-0.15, -0.1) is 0 Å². The van der Waals surface area contributed by atoms with Gasteiger partial charge in [0.2, 0.25) is 5.91 Å². The highest BCUT2D eigenvalue weighted by Crippen LogP contribution is 2.47. The van der Waals surface area contributed by atoms with E-state index in [1.807, 2.05) is 30.3 Å². The molecule has 2 aromatic carbocycles. The second-order valence-corrected chi connectivity index (χ2v) is 7.92. The zero-order chi connectivity index (χ0) is 22.8. The van der Waals surface area contributed by atoms with Gasteiger partial charge in [-0.3, -0.25) is 9.59 Å². The quantitative estimate of drug-likeness (QED) is 0.742. The molecule has 168 valence electrons. The van der Waals surface area contributed by atoms with Crippen molar-refractivity contribution >= 4 is 11.7 Å². The Kier molecular flexibility index (Phi) is 6.08. The second kappa shape index (κ2) is 8.94. The summed E-state index contributed by atoms with van der Waals surface area (Å²) >= 11 is 0. The third kappa shape index (κ3) is 3.79. The minimum Gasteiger partial charge on any atom is -0.493 e. The monoisotopic (exact) mass is 437 g/mol. The first-order valence-electron chi connectivity index (χ1n) is 10.5. The summed E-state index contributed by atoms with van der Waals surface area (Å²) in [6.45, 7) is 0. The number of hydrogen-bond acceptors (Lipinski definition) is 6. The first-order valence-corrected chi connectivity index (χ1v) is 10.5. The van der Waals surface area contributed by atoms with E-state index in [4.69, 9.17) is 18.9 Å². The summed E-state index contributed by atoms with van der Waals surface area (Å²) in [4.78, 5) is 26.0. The molecule has 4 rings (SSSR count). The number of carbonyl (C=O) groups excluding carboxylic acids is 2. The Morgan fingerprint density at radius 1 is 0.812 bits per heavy atom. The number of methoxy groups -OCH3 is 4. The number of benzene rings is 2. The molecule has 0 radical (unpaired) electrons. The van der Waals surface area contributed by atoms with Gasteiger partial charge in [0.15, 0.2) is 28.8 Å². The van der Waals surface area contributed by atoms with Crippen molar-refractivity contribution in [2.24, 2.45) is 0 Å². The molecule has 1 amide bonds. The number of amides is 1. The fourth-order valence-corrected chi connectivity index (χ4v) is 4.75. The van der Waals surface area contributed by atoms with Crippen LogP contribution in [0, 0.1) is 0 Å². The Morgan fingerprint density at radius 2 is 1.56 bits per heavy atom. The van der Waals surface area contributed by atoms with Crippen molar-refractivity contribution in [3.05, 3.63) is 58.8 Å². The number of nitrogens with one attached hydrogen (secondary N) is 1. The van der Waals surface area contributed by atoms with Crippen LogP contribution in [-0.4, -0.2) is 40.1 Å². The van der Waals surface area contributed by atoms with E-state index in [1.165, 1.54) is 0 Å². The zero-order valence-electron chi connectivity index (χ0n) is 18.7. The number of ketones is 1. The van der Waals surface area contributed by atoms with Crippen molar-refractivity contribution in [1.82, 2.24) is 5.32 Å². The van der Waals surface area contributed by atoms with Crippen LogP contribution in [0.25, 0.3) is 0 Å². The molecular weight excluding hydrogens is 410 g/mol. The minimum atomic E-state index is -0.373. The number of Topliss-reactive ketones (excluding diaryl/α,β-unsaturated/α-hetero) is 1. The van der Waals surface area contributed by atoms with Crippen LogP contribution in [0.15, 0.2) is 47.7 Å². The SMILES string of the molecule is COc1ccc([C@@H]2CC(=O)C3=C(C2)NC(=O)C[C@@H]3c2cccc(OC)c2OC)cc1OC. The molecule has 2 aromatic rings. The van der Waals surface area contributed by atoms with Gasteiger partial charge in [0.25, 0.3) is 0 Å². The Hall–Kier alpha value is -3.48. The minimum absolute atomic E-state index is 0.0286. The second-order valence-electron chi connectivity index (χ2n) is 7.92. The highest BCUT2D eigenvalue weighted by molar-refractivity contribution is 6.02. The molecule has 0 fully saturated rings. The van der Waals surface area contributed by atoms with E-state index in [1.54, 1.807) is 34.5 Å². The molecule has 2 atom stereocenters. The first kappa shape index (κ1) is 21.7. The highest BCUT2D eigenvalue weighted by Gasteiger charge is 2.39. The van der Waals surface area contributed by atoms with Gasteiger partial charge in [-0.2, -0.15) is 0 Å². The highest BCUT2D eigenvalue weighted by atomic mass is 16.5. The van der Waals surface area contributed by atoms with Crippen LogP contribution >= 0.6 is 0 Å². The molecule has 0 saturated heterocycles. The van der Waals surface area contributed by atoms with Gasteiger partial charge in [0.1, 0.15) is 0 Å². The van der Waals surface area contributed by atoms with Crippen LogP contribution in [0.5, 0.6) is 23.0 Å². The number of ether oxygens (including phenoxy) is 4. The molecule has 1 heterocycles. The molecule has 0 spiro atoms. The summed E-state index contributed by atoms with van der Waals surface area (Å²) in [5.41, 5.74) is 3.10. The largest absolute Gasteiger partial charge is 0.493 e. The Labute approximate surface area is 187 Å². The lowest BCUT2D eigenvalue weighted by Gasteiger charge is -2.35. The van der Waals surface area contributed by atoms with Crippen molar-refractivity contribution in [2.75, 3.05) is 28.4 Å². The van der Waals surface area contributed by atoms with Crippen molar-refractivity contribution in [3.8, 4) is 23.0 Å². The van der Waals surface area contributed by atoms with Crippen molar-refractivity contribution in [2.45, 2.75) is 31.1 Å². The van der Waals surface area contributed by atoms with Gasteiger partial charge in [0, 0.05) is 35.6 Å². The Balaban J connectivity index is 1.73.